The molecule has 3 rings (SSSR count). The maximum Gasteiger partial charge on any atom is 0.420 e. The van der Waals surface area contributed by atoms with Gasteiger partial charge in [-0.05, 0) is 48.4 Å². The summed E-state index contributed by atoms with van der Waals surface area (Å²) in [4.78, 5) is 14.7. The van der Waals surface area contributed by atoms with E-state index in [1.54, 1.807) is 13.8 Å². The van der Waals surface area contributed by atoms with Crippen LogP contribution in [0.4, 0.5) is 27.6 Å². The third-order valence-electron chi connectivity index (χ3n) is 4.60. The van der Waals surface area contributed by atoms with Gasteiger partial charge in [0.2, 0.25) is 0 Å². The van der Waals surface area contributed by atoms with Gasteiger partial charge < -0.3 is 20.1 Å². The van der Waals surface area contributed by atoms with Crippen LogP contribution in [0.3, 0.4) is 0 Å². The summed E-state index contributed by atoms with van der Waals surface area (Å²) in [5, 5.41) is 12.1. The summed E-state index contributed by atoms with van der Waals surface area (Å²) in [5.41, 5.74) is -2.56. The number of hydrogen-bond acceptors (Lipinski definition) is 3. The van der Waals surface area contributed by atoms with E-state index in [-0.39, 0.29) is 23.1 Å². The monoisotopic (exact) mass is 454 g/mol. The average Bonchev–Trinajstić information content (AvgIpc) is 3.24. The number of aromatic hydroxyl groups is 1. The highest BCUT2D eigenvalue weighted by Gasteiger charge is 2.38. The van der Waals surface area contributed by atoms with Crippen LogP contribution < -0.4 is 10.1 Å². The van der Waals surface area contributed by atoms with Crippen LogP contribution in [-0.2, 0) is 6.18 Å². The number of phenols is 1. The largest absolute Gasteiger partial charge is 0.508 e. The van der Waals surface area contributed by atoms with Gasteiger partial charge in [-0.25, -0.2) is 8.78 Å². The molecule has 5 nitrogen and oxygen atoms in total. The number of ether oxygens (including phenoxy) is 1. The Kier molecular flexibility index (Phi) is 6.42. The van der Waals surface area contributed by atoms with Gasteiger partial charge in [-0.1, -0.05) is 13.8 Å². The van der Waals surface area contributed by atoms with Crippen LogP contribution in [0.2, 0.25) is 0 Å². The number of aromatic amines is 1. The number of benzene rings is 2. The predicted molar refractivity (Wildman–Crippen MR) is 107 cm³/mol. The van der Waals surface area contributed by atoms with Gasteiger partial charge in [0.15, 0.2) is 0 Å². The third-order valence-corrected chi connectivity index (χ3v) is 4.60. The third kappa shape index (κ3) is 5.01. The fourth-order valence-electron chi connectivity index (χ4n) is 3.06. The molecule has 1 amide bonds. The number of alkyl halides is 5. The Labute approximate surface area is 179 Å². The number of halogens is 5. The highest BCUT2D eigenvalue weighted by atomic mass is 19.4. The molecule has 0 unspecified atom stereocenters. The molecule has 0 fully saturated rings. The van der Waals surface area contributed by atoms with Crippen molar-refractivity contribution in [1.82, 2.24) is 4.98 Å². The number of anilines is 1. The molecule has 32 heavy (non-hydrogen) atoms. The average molecular weight is 454 g/mol. The van der Waals surface area contributed by atoms with E-state index in [1.165, 1.54) is 36.5 Å². The molecule has 0 aliphatic rings. The molecule has 3 aromatic rings. The van der Waals surface area contributed by atoms with Crippen molar-refractivity contribution >= 4 is 11.6 Å². The summed E-state index contributed by atoms with van der Waals surface area (Å²) in [6.45, 7) is 3.48. The molecule has 3 N–H and O–H groups in total. The van der Waals surface area contributed by atoms with Crippen LogP contribution in [0.1, 0.15) is 53.4 Å². The highest BCUT2D eigenvalue weighted by molar-refractivity contribution is 6.03. The van der Waals surface area contributed by atoms with Crippen LogP contribution in [0.25, 0.3) is 0 Å². The molecule has 0 bridgehead atoms. The smallest absolute Gasteiger partial charge is 0.420 e. The van der Waals surface area contributed by atoms with E-state index in [9.17, 15) is 31.9 Å². The first kappa shape index (κ1) is 23.1. The fourth-order valence-corrected chi connectivity index (χ4v) is 3.06. The predicted octanol–water partition coefficient (Wildman–Crippen LogP) is 6.84. The minimum Gasteiger partial charge on any atom is -0.508 e. The Morgan fingerprint density at radius 2 is 1.81 bits per heavy atom. The Balaban J connectivity index is 2.08. The number of hydrogen-bond donors (Lipinski definition) is 3. The van der Waals surface area contributed by atoms with E-state index in [1.807, 2.05) is 0 Å². The molecule has 1 heterocycles. The summed E-state index contributed by atoms with van der Waals surface area (Å²) < 4.78 is 74.1. The first-order chi connectivity index (χ1) is 15.0. The number of rotatable bonds is 6. The minimum absolute atomic E-state index is 0.0443. The van der Waals surface area contributed by atoms with Crippen molar-refractivity contribution in [3.8, 4) is 17.2 Å². The van der Waals surface area contributed by atoms with Gasteiger partial charge in [0, 0.05) is 17.4 Å². The van der Waals surface area contributed by atoms with Gasteiger partial charge in [0.1, 0.15) is 28.5 Å². The Morgan fingerprint density at radius 1 is 1.09 bits per heavy atom. The second-order valence-electron chi connectivity index (χ2n) is 7.26. The molecule has 1 aromatic heterocycles. The number of H-pyrrole nitrogens is 1. The van der Waals surface area contributed by atoms with Crippen molar-refractivity contribution in [3.05, 3.63) is 71.0 Å². The van der Waals surface area contributed by atoms with Crippen molar-refractivity contribution in [2.24, 2.45) is 0 Å². The van der Waals surface area contributed by atoms with E-state index in [0.717, 1.165) is 6.07 Å². The van der Waals surface area contributed by atoms with Crippen molar-refractivity contribution in [2.75, 3.05) is 5.32 Å². The molecule has 0 saturated carbocycles. The van der Waals surface area contributed by atoms with Crippen LogP contribution in [0.5, 0.6) is 17.2 Å². The topological polar surface area (TPSA) is 74.3 Å². The number of carbonyl (C=O) groups excluding carboxylic acids is 1. The van der Waals surface area contributed by atoms with Crippen molar-refractivity contribution in [3.63, 3.8) is 0 Å². The van der Waals surface area contributed by atoms with Gasteiger partial charge in [-0.3, -0.25) is 4.79 Å². The Morgan fingerprint density at radius 3 is 2.38 bits per heavy atom. The first-order valence-electron chi connectivity index (χ1n) is 9.46. The van der Waals surface area contributed by atoms with Crippen LogP contribution in [0, 0.1) is 0 Å². The molecule has 0 aliphatic carbocycles. The molecule has 0 spiro atoms. The lowest BCUT2D eigenvalue weighted by molar-refractivity contribution is -0.138. The zero-order chi connectivity index (χ0) is 23.6. The summed E-state index contributed by atoms with van der Waals surface area (Å²) in [6.07, 6.45) is -6.94. The first-order valence-corrected chi connectivity index (χ1v) is 9.46. The van der Waals surface area contributed by atoms with E-state index in [4.69, 9.17) is 4.74 Å². The molecule has 10 heteroatoms. The maximum absolute atomic E-state index is 13.8. The van der Waals surface area contributed by atoms with Gasteiger partial charge >= 0.3 is 6.18 Å². The zero-order valence-electron chi connectivity index (χ0n) is 16.9. The lowest BCUT2D eigenvalue weighted by Crippen LogP contribution is -2.15. The van der Waals surface area contributed by atoms with E-state index in [0.29, 0.717) is 11.6 Å². The van der Waals surface area contributed by atoms with E-state index < -0.39 is 41.1 Å². The second-order valence-corrected chi connectivity index (χ2v) is 7.26. The van der Waals surface area contributed by atoms with Gasteiger partial charge in [-0.2, -0.15) is 13.2 Å². The molecule has 0 atom stereocenters. The van der Waals surface area contributed by atoms with E-state index >= 15 is 0 Å². The second kappa shape index (κ2) is 8.89. The van der Waals surface area contributed by atoms with Crippen molar-refractivity contribution in [1.29, 1.82) is 0 Å². The summed E-state index contributed by atoms with van der Waals surface area (Å²) in [7, 11) is 0. The number of amides is 1. The molecule has 0 saturated heterocycles. The highest BCUT2D eigenvalue weighted by Crippen LogP contribution is 2.45. The molecule has 0 radical (unpaired) electrons. The molecule has 2 aromatic carbocycles. The number of carbonyl (C=O) groups is 1. The fraction of sp³-hybridized carbons (Fsp3) is 0.227. The maximum atomic E-state index is 13.8. The van der Waals surface area contributed by atoms with Gasteiger partial charge in [0.25, 0.3) is 12.3 Å². The van der Waals surface area contributed by atoms with Gasteiger partial charge in [-0.15, -0.1) is 0 Å². The number of nitrogens with one attached hydrogen (secondary N) is 2. The van der Waals surface area contributed by atoms with Crippen LogP contribution in [-0.4, -0.2) is 16.0 Å². The summed E-state index contributed by atoms with van der Waals surface area (Å²) in [5.74, 6) is -2.31. The number of phenolic OH excluding ortho intramolecular Hbond substituents is 1. The zero-order valence-corrected chi connectivity index (χ0v) is 16.9. The minimum atomic E-state index is -5.05. The lowest BCUT2D eigenvalue weighted by Gasteiger charge is -2.20. The summed E-state index contributed by atoms with van der Waals surface area (Å²) >= 11 is 0. The van der Waals surface area contributed by atoms with E-state index in [2.05, 4.69) is 10.3 Å². The van der Waals surface area contributed by atoms with Crippen LogP contribution in [0.15, 0.2) is 48.7 Å². The molecule has 170 valence electrons. The molecule has 0 aliphatic heterocycles. The van der Waals surface area contributed by atoms with Crippen molar-refractivity contribution < 1.29 is 36.6 Å². The standard InChI is InChI=1S/C22H19F5N2O3/c1-11(2)14-10-13(5-6-18(14)30)32-19-15(20(23)24)8-12(9-16(19)22(25,26)27)29-21(31)17-4-3-7-28-17/h3-11,20,28,30H,1-2H3,(H,29,31). The summed E-state index contributed by atoms with van der Waals surface area (Å²) in [6, 6.07) is 7.83. The number of aromatic nitrogens is 1. The lowest BCUT2D eigenvalue weighted by atomic mass is 10.0. The van der Waals surface area contributed by atoms with Crippen molar-refractivity contribution in [2.45, 2.75) is 32.4 Å². The Hall–Kier alpha value is -3.56. The van der Waals surface area contributed by atoms with Crippen LogP contribution >= 0.6 is 0 Å². The molecular formula is C22H19F5N2O3. The van der Waals surface area contributed by atoms with Gasteiger partial charge in [0.05, 0.1) is 5.56 Å². The Bertz CT molecular complexity index is 1110. The SMILES string of the molecule is CC(C)c1cc(Oc2c(C(F)F)cc(NC(=O)c3ccc[nH]3)cc2C(F)(F)F)ccc1O. The quantitative estimate of drug-likeness (QED) is 0.357. The molecular weight excluding hydrogens is 435 g/mol. The normalized spacial score (nSPS) is 11.8.